The standard InChI is InChI=1S/C34H51N7O4/c1-23(2)19-29(32(43)38-28(15-10-16-35)34(45)41-18-17-37-24(3)22-41)40-33(44)30(21-26-13-8-5-9-14-26)39-31(42)27(36)20-25-11-6-4-7-12-25/h4-9,11-14,23-24,27-30,37H,10,15-22,35-36H2,1-3H3,(H,38,43)(H,39,42)(H,40,44)/t24?,27-,28-,29-,30-/m1/s1. The molecule has 1 unspecified atom stereocenters. The molecule has 0 saturated carbocycles. The summed E-state index contributed by atoms with van der Waals surface area (Å²) in [6, 6.07) is 15.4. The first kappa shape index (κ1) is 35.7. The Kier molecular flexibility index (Phi) is 14.5. The summed E-state index contributed by atoms with van der Waals surface area (Å²) >= 11 is 0. The Morgan fingerprint density at radius 3 is 1.98 bits per heavy atom. The van der Waals surface area contributed by atoms with E-state index in [2.05, 4.69) is 21.3 Å². The highest BCUT2D eigenvalue weighted by molar-refractivity contribution is 5.95. The van der Waals surface area contributed by atoms with E-state index >= 15 is 0 Å². The largest absolute Gasteiger partial charge is 0.343 e. The lowest BCUT2D eigenvalue weighted by Crippen LogP contribution is -2.60. The van der Waals surface area contributed by atoms with E-state index in [9.17, 15) is 19.2 Å². The van der Waals surface area contributed by atoms with Crippen molar-refractivity contribution >= 4 is 23.6 Å². The molecular formula is C34H51N7O4. The number of rotatable bonds is 16. The molecule has 246 valence electrons. The van der Waals surface area contributed by atoms with Crippen molar-refractivity contribution in [1.82, 2.24) is 26.2 Å². The highest BCUT2D eigenvalue weighted by atomic mass is 16.2. The molecule has 11 heteroatoms. The van der Waals surface area contributed by atoms with Crippen molar-refractivity contribution in [3.63, 3.8) is 0 Å². The van der Waals surface area contributed by atoms with E-state index < -0.39 is 41.9 Å². The van der Waals surface area contributed by atoms with E-state index in [1.54, 1.807) is 4.90 Å². The third-order valence-corrected chi connectivity index (χ3v) is 7.88. The van der Waals surface area contributed by atoms with Crippen molar-refractivity contribution < 1.29 is 19.2 Å². The van der Waals surface area contributed by atoms with Crippen molar-refractivity contribution in [2.45, 2.75) is 83.1 Å². The Hall–Kier alpha value is -3.80. The van der Waals surface area contributed by atoms with Crippen molar-refractivity contribution in [3.8, 4) is 0 Å². The van der Waals surface area contributed by atoms with Gasteiger partial charge in [0.2, 0.25) is 23.6 Å². The van der Waals surface area contributed by atoms with Gasteiger partial charge in [-0.05, 0) is 56.2 Å². The number of carbonyl (C=O) groups excluding carboxylic acids is 4. The van der Waals surface area contributed by atoms with Gasteiger partial charge in [-0.15, -0.1) is 0 Å². The number of nitrogens with two attached hydrogens (primary N) is 2. The van der Waals surface area contributed by atoms with Crippen LogP contribution in [-0.2, 0) is 32.0 Å². The fourth-order valence-electron chi connectivity index (χ4n) is 5.48. The molecule has 0 spiro atoms. The minimum absolute atomic E-state index is 0.0646. The zero-order chi connectivity index (χ0) is 32.8. The van der Waals surface area contributed by atoms with E-state index in [1.165, 1.54) is 0 Å². The Morgan fingerprint density at radius 2 is 1.40 bits per heavy atom. The Balaban J connectivity index is 1.76. The van der Waals surface area contributed by atoms with Crippen LogP contribution in [0.25, 0.3) is 0 Å². The third-order valence-electron chi connectivity index (χ3n) is 7.88. The lowest BCUT2D eigenvalue weighted by atomic mass is 9.99. The van der Waals surface area contributed by atoms with Gasteiger partial charge >= 0.3 is 0 Å². The molecule has 0 aromatic heterocycles. The predicted molar refractivity (Wildman–Crippen MR) is 176 cm³/mol. The van der Waals surface area contributed by atoms with E-state index in [4.69, 9.17) is 11.5 Å². The number of piperazine rings is 1. The molecule has 0 bridgehead atoms. The molecule has 45 heavy (non-hydrogen) atoms. The number of hydrogen-bond donors (Lipinski definition) is 6. The van der Waals surface area contributed by atoms with Gasteiger partial charge in [-0.2, -0.15) is 0 Å². The van der Waals surface area contributed by atoms with Gasteiger partial charge < -0.3 is 37.6 Å². The monoisotopic (exact) mass is 621 g/mol. The summed E-state index contributed by atoms with van der Waals surface area (Å²) in [4.78, 5) is 55.9. The Morgan fingerprint density at radius 1 is 0.844 bits per heavy atom. The minimum Gasteiger partial charge on any atom is -0.343 e. The van der Waals surface area contributed by atoms with Gasteiger partial charge in [0.25, 0.3) is 0 Å². The molecular weight excluding hydrogens is 570 g/mol. The fourth-order valence-corrected chi connectivity index (χ4v) is 5.48. The second-order valence-electron chi connectivity index (χ2n) is 12.4. The van der Waals surface area contributed by atoms with Crippen LogP contribution in [0.2, 0.25) is 0 Å². The average Bonchev–Trinajstić information content (AvgIpc) is 3.02. The van der Waals surface area contributed by atoms with Crippen LogP contribution in [-0.4, -0.2) is 84.9 Å². The van der Waals surface area contributed by atoms with Crippen molar-refractivity contribution in [2.24, 2.45) is 17.4 Å². The molecule has 1 fully saturated rings. The second kappa shape index (κ2) is 18.2. The van der Waals surface area contributed by atoms with E-state index in [0.29, 0.717) is 51.9 Å². The van der Waals surface area contributed by atoms with Gasteiger partial charge in [-0.25, -0.2) is 0 Å². The smallest absolute Gasteiger partial charge is 0.245 e. The summed E-state index contributed by atoms with van der Waals surface area (Å²) in [6.07, 6.45) is 1.83. The molecule has 1 heterocycles. The lowest BCUT2D eigenvalue weighted by Gasteiger charge is -2.35. The van der Waals surface area contributed by atoms with Crippen LogP contribution in [0.1, 0.15) is 51.2 Å². The van der Waals surface area contributed by atoms with Gasteiger partial charge in [0.1, 0.15) is 18.1 Å². The summed E-state index contributed by atoms with van der Waals surface area (Å²) in [5, 5.41) is 12.0. The molecule has 4 amide bonds. The fraction of sp³-hybridized carbons (Fsp3) is 0.529. The quantitative estimate of drug-likeness (QED) is 0.161. The molecule has 2 aromatic rings. The third kappa shape index (κ3) is 11.9. The number of carbonyl (C=O) groups is 4. The van der Waals surface area contributed by atoms with Gasteiger partial charge in [-0.1, -0.05) is 74.5 Å². The average molecular weight is 622 g/mol. The van der Waals surface area contributed by atoms with Crippen LogP contribution in [0.15, 0.2) is 60.7 Å². The lowest BCUT2D eigenvalue weighted by molar-refractivity contribution is -0.138. The Labute approximate surface area is 267 Å². The van der Waals surface area contributed by atoms with Crippen LogP contribution < -0.4 is 32.7 Å². The minimum atomic E-state index is -0.971. The maximum absolute atomic E-state index is 13.8. The van der Waals surface area contributed by atoms with Crippen LogP contribution >= 0.6 is 0 Å². The van der Waals surface area contributed by atoms with E-state index in [1.807, 2.05) is 81.4 Å². The number of benzene rings is 2. The second-order valence-corrected chi connectivity index (χ2v) is 12.4. The van der Waals surface area contributed by atoms with Crippen molar-refractivity contribution in [2.75, 3.05) is 26.2 Å². The summed E-state index contributed by atoms with van der Waals surface area (Å²) in [5.41, 5.74) is 13.7. The normalized spacial score (nSPS) is 17.6. The van der Waals surface area contributed by atoms with Crippen molar-refractivity contribution in [1.29, 1.82) is 0 Å². The zero-order valence-electron chi connectivity index (χ0n) is 26.8. The molecule has 1 saturated heterocycles. The number of amides is 4. The maximum Gasteiger partial charge on any atom is 0.245 e. The molecule has 1 aliphatic heterocycles. The predicted octanol–water partition coefficient (Wildman–Crippen LogP) is 0.859. The van der Waals surface area contributed by atoms with Gasteiger partial charge in [0, 0.05) is 32.1 Å². The summed E-state index contributed by atoms with van der Waals surface area (Å²) < 4.78 is 0. The van der Waals surface area contributed by atoms with Crippen LogP contribution in [0.5, 0.6) is 0 Å². The maximum atomic E-state index is 13.8. The molecule has 3 rings (SSSR count). The molecule has 0 radical (unpaired) electrons. The van der Waals surface area contributed by atoms with Gasteiger partial charge in [0.05, 0.1) is 6.04 Å². The first-order valence-corrected chi connectivity index (χ1v) is 16.0. The Bertz CT molecular complexity index is 1230. The summed E-state index contributed by atoms with van der Waals surface area (Å²) in [5.74, 6) is -1.49. The molecule has 8 N–H and O–H groups in total. The van der Waals surface area contributed by atoms with E-state index in [-0.39, 0.29) is 24.3 Å². The highest BCUT2D eigenvalue weighted by Crippen LogP contribution is 2.12. The number of nitrogens with zero attached hydrogens (tertiary/aromatic N) is 1. The zero-order valence-corrected chi connectivity index (χ0v) is 26.8. The topological polar surface area (TPSA) is 172 Å². The summed E-state index contributed by atoms with van der Waals surface area (Å²) in [6.45, 7) is 8.09. The summed E-state index contributed by atoms with van der Waals surface area (Å²) in [7, 11) is 0. The van der Waals surface area contributed by atoms with Crippen LogP contribution in [0.3, 0.4) is 0 Å². The first-order valence-electron chi connectivity index (χ1n) is 16.0. The first-order chi connectivity index (χ1) is 21.6. The molecule has 11 nitrogen and oxygen atoms in total. The molecule has 0 aliphatic carbocycles. The van der Waals surface area contributed by atoms with Crippen LogP contribution in [0, 0.1) is 5.92 Å². The SMILES string of the molecule is CC(C)C[C@@H](NC(=O)[C@@H](Cc1ccccc1)NC(=O)[C@H](N)Cc1ccccc1)C(=O)N[C@H](CCCN)C(=O)N1CCNC(C)C1. The number of nitrogens with one attached hydrogen (secondary N) is 4. The highest BCUT2D eigenvalue weighted by Gasteiger charge is 2.33. The van der Waals surface area contributed by atoms with Gasteiger partial charge in [0.15, 0.2) is 0 Å². The van der Waals surface area contributed by atoms with Gasteiger partial charge in [-0.3, -0.25) is 19.2 Å². The molecule has 2 aromatic carbocycles. The number of hydrogen-bond acceptors (Lipinski definition) is 7. The van der Waals surface area contributed by atoms with E-state index in [0.717, 1.165) is 11.1 Å². The van der Waals surface area contributed by atoms with Crippen LogP contribution in [0.4, 0.5) is 0 Å². The molecule has 1 aliphatic rings. The molecule has 5 atom stereocenters. The van der Waals surface area contributed by atoms with Crippen molar-refractivity contribution in [3.05, 3.63) is 71.8 Å².